The van der Waals surface area contributed by atoms with Crippen molar-refractivity contribution in [2.45, 2.75) is 20.8 Å². The van der Waals surface area contributed by atoms with E-state index in [4.69, 9.17) is 14.9 Å². The normalized spacial score (nSPS) is 10.4. The third-order valence-corrected chi connectivity index (χ3v) is 3.32. The van der Waals surface area contributed by atoms with Gasteiger partial charge in [-0.2, -0.15) is 0 Å². The molecule has 0 aliphatic carbocycles. The van der Waals surface area contributed by atoms with Crippen LogP contribution in [0.3, 0.4) is 0 Å². The van der Waals surface area contributed by atoms with Gasteiger partial charge in [0.15, 0.2) is 0 Å². The highest BCUT2D eigenvalue weighted by molar-refractivity contribution is 5.96. The van der Waals surface area contributed by atoms with Crippen LogP contribution >= 0.6 is 0 Å². The van der Waals surface area contributed by atoms with Crippen molar-refractivity contribution in [3.63, 3.8) is 0 Å². The van der Waals surface area contributed by atoms with E-state index in [0.29, 0.717) is 30.2 Å². The number of ether oxygens (including phenoxy) is 1. The minimum Gasteiger partial charge on any atom is -0.492 e. The van der Waals surface area contributed by atoms with Crippen molar-refractivity contribution in [1.29, 1.82) is 0 Å². The number of nitrogen functional groups attached to an aromatic ring is 1. The molecule has 0 unspecified atom stereocenters. The quantitative estimate of drug-likeness (QED) is 0.655. The predicted octanol–water partition coefficient (Wildman–Crippen LogP) is 2.60. The van der Waals surface area contributed by atoms with Gasteiger partial charge in [0.05, 0.1) is 12.1 Å². The number of furan rings is 1. The van der Waals surface area contributed by atoms with E-state index in [2.05, 4.69) is 5.32 Å². The van der Waals surface area contributed by atoms with Gasteiger partial charge in [0, 0.05) is 11.3 Å². The summed E-state index contributed by atoms with van der Waals surface area (Å²) in [6, 6.07) is 7.14. The average molecular weight is 288 g/mol. The van der Waals surface area contributed by atoms with Gasteiger partial charge in [0.2, 0.25) is 0 Å². The first-order valence-corrected chi connectivity index (χ1v) is 6.82. The van der Waals surface area contributed by atoms with Crippen LogP contribution < -0.4 is 15.8 Å². The van der Waals surface area contributed by atoms with Crippen molar-refractivity contribution in [3.05, 3.63) is 46.9 Å². The molecule has 1 aromatic carbocycles. The lowest BCUT2D eigenvalue weighted by atomic mass is 10.1. The van der Waals surface area contributed by atoms with E-state index in [1.165, 1.54) is 0 Å². The lowest BCUT2D eigenvalue weighted by Gasteiger charge is -2.08. The summed E-state index contributed by atoms with van der Waals surface area (Å²) in [6.07, 6.45) is 0. The van der Waals surface area contributed by atoms with Crippen LogP contribution in [0.2, 0.25) is 0 Å². The Kier molecular flexibility index (Phi) is 4.52. The molecule has 21 heavy (non-hydrogen) atoms. The molecule has 0 aliphatic rings. The molecule has 2 aromatic rings. The molecule has 3 N–H and O–H groups in total. The smallest absolute Gasteiger partial charge is 0.255 e. The summed E-state index contributed by atoms with van der Waals surface area (Å²) in [5.41, 5.74) is 7.78. The van der Waals surface area contributed by atoms with Gasteiger partial charge < -0.3 is 20.2 Å². The van der Waals surface area contributed by atoms with E-state index in [9.17, 15) is 4.79 Å². The summed E-state index contributed by atoms with van der Waals surface area (Å²) in [7, 11) is 0. The zero-order chi connectivity index (χ0) is 15.4. The van der Waals surface area contributed by atoms with Crippen molar-refractivity contribution in [1.82, 2.24) is 5.32 Å². The second-order valence-electron chi connectivity index (χ2n) is 4.89. The van der Waals surface area contributed by atoms with Crippen LogP contribution in [0.1, 0.15) is 27.4 Å². The van der Waals surface area contributed by atoms with E-state index in [1.54, 1.807) is 31.2 Å². The average Bonchev–Trinajstić information content (AvgIpc) is 2.70. The highest BCUT2D eigenvalue weighted by Crippen LogP contribution is 2.20. The monoisotopic (exact) mass is 288 g/mol. The van der Waals surface area contributed by atoms with E-state index in [-0.39, 0.29) is 5.91 Å². The number of rotatable bonds is 5. The Morgan fingerprint density at radius 3 is 2.43 bits per heavy atom. The fourth-order valence-corrected chi connectivity index (χ4v) is 2.11. The zero-order valence-corrected chi connectivity index (χ0v) is 12.5. The van der Waals surface area contributed by atoms with Gasteiger partial charge in [-0.1, -0.05) is 0 Å². The molecule has 0 spiro atoms. The first kappa shape index (κ1) is 15.0. The number of carbonyl (C=O) groups excluding carboxylic acids is 1. The number of hydrogen-bond acceptors (Lipinski definition) is 4. The Hall–Kier alpha value is -2.43. The van der Waals surface area contributed by atoms with E-state index in [1.807, 2.05) is 13.8 Å². The Bertz CT molecular complexity index is 630. The SMILES string of the molecule is Cc1oc(C)c(C(=O)NCCOc2ccc(N)cc2)c1C. The van der Waals surface area contributed by atoms with Gasteiger partial charge in [-0.3, -0.25) is 4.79 Å². The highest BCUT2D eigenvalue weighted by atomic mass is 16.5. The van der Waals surface area contributed by atoms with Crippen molar-refractivity contribution in [3.8, 4) is 5.75 Å². The third-order valence-electron chi connectivity index (χ3n) is 3.32. The molecule has 0 fully saturated rings. The Labute approximate surface area is 124 Å². The number of nitrogens with two attached hydrogens (primary N) is 1. The van der Waals surface area contributed by atoms with Crippen LogP contribution in [-0.4, -0.2) is 19.1 Å². The van der Waals surface area contributed by atoms with Crippen LogP contribution in [0.15, 0.2) is 28.7 Å². The Morgan fingerprint density at radius 2 is 1.86 bits per heavy atom. The summed E-state index contributed by atoms with van der Waals surface area (Å²) in [6.45, 7) is 6.34. The molecule has 1 heterocycles. The van der Waals surface area contributed by atoms with E-state index in [0.717, 1.165) is 17.1 Å². The molecule has 0 atom stereocenters. The minimum absolute atomic E-state index is 0.136. The Balaban J connectivity index is 1.83. The summed E-state index contributed by atoms with van der Waals surface area (Å²) in [4.78, 5) is 12.1. The molecule has 1 amide bonds. The largest absolute Gasteiger partial charge is 0.492 e. The molecule has 1 aromatic heterocycles. The van der Waals surface area contributed by atoms with Crippen molar-refractivity contribution >= 4 is 11.6 Å². The molecular formula is C16H20N2O3. The maximum atomic E-state index is 12.1. The van der Waals surface area contributed by atoms with Gasteiger partial charge in [0.25, 0.3) is 5.91 Å². The highest BCUT2D eigenvalue weighted by Gasteiger charge is 2.17. The van der Waals surface area contributed by atoms with Gasteiger partial charge in [-0.25, -0.2) is 0 Å². The first-order valence-electron chi connectivity index (χ1n) is 6.82. The maximum absolute atomic E-state index is 12.1. The molecule has 2 rings (SSSR count). The zero-order valence-electron chi connectivity index (χ0n) is 12.5. The van der Waals surface area contributed by atoms with E-state index < -0.39 is 0 Å². The van der Waals surface area contributed by atoms with Crippen LogP contribution in [-0.2, 0) is 0 Å². The summed E-state index contributed by atoms with van der Waals surface area (Å²) >= 11 is 0. The number of amides is 1. The lowest BCUT2D eigenvalue weighted by molar-refractivity contribution is 0.0945. The summed E-state index contributed by atoms with van der Waals surface area (Å²) in [5.74, 6) is 2.01. The van der Waals surface area contributed by atoms with E-state index >= 15 is 0 Å². The molecule has 0 saturated heterocycles. The molecule has 0 bridgehead atoms. The van der Waals surface area contributed by atoms with Crippen LogP contribution in [0.5, 0.6) is 5.75 Å². The second-order valence-corrected chi connectivity index (χ2v) is 4.89. The summed E-state index contributed by atoms with van der Waals surface area (Å²) in [5, 5.41) is 2.83. The van der Waals surface area contributed by atoms with Crippen molar-refractivity contribution in [2.24, 2.45) is 0 Å². The van der Waals surface area contributed by atoms with Crippen molar-refractivity contribution in [2.75, 3.05) is 18.9 Å². The Morgan fingerprint density at radius 1 is 1.19 bits per heavy atom. The van der Waals surface area contributed by atoms with Crippen LogP contribution in [0.4, 0.5) is 5.69 Å². The van der Waals surface area contributed by atoms with Crippen LogP contribution in [0, 0.1) is 20.8 Å². The molecule has 5 nitrogen and oxygen atoms in total. The number of carbonyl (C=O) groups is 1. The molecule has 112 valence electrons. The van der Waals surface area contributed by atoms with Gasteiger partial charge in [-0.15, -0.1) is 0 Å². The standard InChI is InChI=1S/C16H20N2O3/c1-10-11(2)21-12(3)15(10)16(19)18-8-9-20-14-6-4-13(17)5-7-14/h4-7H,8-9,17H2,1-3H3,(H,18,19). The van der Waals surface area contributed by atoms with Crippen LogP contribution in [0.25, 0.3) is 0 Å². The van der Waals surface area contributed by atoms with Gasteiger partial charge in [-0.05, 0) is 45.0 Å². The lowest BCUT2D eigenvalue weighted by Crippen LogP contribution is -2.28. The topological polar surface area (TPSA) is 77.5 Å². The number of benzene rings is 1. The fourth-order valence-electron chi connectivity index (χ4n) is 2.11. The van der Waals surface area contributed by atoms with Gasteiger partial charge in [0.1, 0.15) is 23.9 Å². The first-order chi connectivity index (χ1) is 9.99. The number of hydrogen-bond donors (Lipinski definition) is 2. The second kappa shape index (κ2) is 6.35. The van der Waals surface area contributed by atoms with Crippen molar-refractivity contribution < 1.29 is 13.9 Å². The maximum Gasteiger partial charge on any atom is 0.255 e. The molecule has 0 radical (unpaired) electrons. The number of nitrogens with one attached hydrogen (secondary N) is 1. The number of aryl methyl sites for hydroxylation is 2. The number of anilines is 1. The molecule has 0 aliphatic heterocycles. The molecule has 0 saturated carbocycles. The minimum atomic E-state index is -0.136. The molecular weight excluding hydrogens is 268 g/mol. The van der Waals surface area contributed by atoms with Gasteiger partial charge >= 0.3 is 0 Å². The third kappa shape index (κ3) is 3.56. The fraction of sp³-hybridized carbons (Fsp3) is 0.312. The predicted molar refractivity (Wildman–Crippen MR) is 81.6 cm³/mol. The summed E-state index contributed by atoms with van der Waals surface area (Å²) < 4.78 is 11.0. The molecule has 5 heteroatoms.